The molecule has 0 amide bonds. The quantitative estimate of drug-likeness (QED) is 0.480. The van der Waals surface area contributed by atoms with E-state index in [0.717, 1.165) is 5.92 Å². The van der Waals surface area contributed by atoms with Crippen LogP contribution in [0.25, 0.3) is 0 Å². The highest BCUT2D eigenvalue weighted by molar-refractivity contribution is 4.60. The summed E-state index contributed by atoms with van der Waals surface area (Å²) in [6.07, 6.45) is 11.9. The molecule has 2 saturated carbocycles. The van der Waals surface area contributed by atoms with Gasteiger partial charge in [0.15, 0.2) is 0 Å². The van der Waals surface area contributed by atoms with E-state index in [0.29, 0.717) is 0 Å². The second-order valence-corrected chi connectivity index (χ2v) is 3.80. The van der Waals surface area contributed by atoms with Crippen LogP contribution >= 0.6 is 0 Å². The number of hydrogen-bond donors (Lipinski definition) is 0. The van der Waals surface area contributed by atoms with Crippen LogP contribution < -0.4 is 0 Å². The van der Waals surface area contributed by atoms with E-state index in [1.165, 1.54) is 51.4 Å². The third kappa shape index (κ3) is 3.24. The fraction of sp³-hybridized carbons (Fsp3) is 1.00. The zero-order chi connectivity index (χ0) is 7.23. The van der Waals surface area contributed by atoms with Crippen molar-refractivity contribution in [3.63, 3.8) is 0 Å². The van der Waals surface area contributed by atoms with Crippen LogP contribution in [0.15, 0.2) is 0 Å². The third-order valence-electron chi connectivity index (χ3n) is 2.64. The lowest BCUT2D eigenvalue weighted by Crippen LogP contribution is -1.85. The fourth-order valence-electron chi connectivity index (χ4n) is 1.38. The van der Waals surface area contributed by atoms with Gasteiger partial charge in [0, 0.05) is 0 Å². The summed E-state index contributed by atoms with van der Waals surface area (Å²) in [5.41, 5.74) is 0. The summed E-state index contributed by atoms with van der Waals surface area (Å²) in [4.78, 5) is 0. The van der Waals surface area contributed by atoms with Gasteiger partial charge in [0.05, 0.1) is 0 Å². The predicted octanol–water partition coefficient (Wildman–Crippen LogP) is 3.76. The van der Waals surface area contributed by atoms with Gasteiger partial charge in [-0.25, -0.2) is 0 Å². The molecule has 0 bridgehead atoms. The maximum Gasteiger partial charge on any atom is -0.0443 e. The van der Waals surface area contributed by atoms with Gasteiger partial charge in [-0.15, -0.1) is 0 Å². The van der Waals surface area contributed by atoms with Crippen molar-refractivity contribution < 1.29 is 0 Å². The molecule has 2 aliphatic rings. The molecule has 60 valence electrons. The summed E-state index contributed by atoms with van der Waals surface area (Å²) in [6, 6.07) is 0. The van der Waals surface area contributed by atoms with Gasteiger partial charge in [0.2, 0.25) is 0 Å². The Hall–Kier alpha value is 0. The molecule has 0 spiro atoms. The summed E-state index contributed by atoms with van der Waals surface area (Å²) < 4.78 is 0. The summed E-state index contributed by atoms with van der Waals surface area (Å²) in [6.45, 7) is 2.34. The first-order valence-corrected chi connectivity index (χ1v) is 4.89. The lowest BCUT2D eigenvalue weighted by molar-refractivity contribution is 0.504. The molecule has 0 nitrogen and oxygen atoms in total. The lowest BCUT2D eigenvalue weighted by atomic mass is 10.0. The monoisotopic (exact) mass is 140 g/mol. The molecule has 0 atom stereocenters. The Morgan fingerprint density at radius 1 is 0.700 bits per heavy atom. The number of hydrogen-bond acceptors (Lipinski definition) is 0. The van der Waals surface area contributed by atoms with Gasteiger partial charge in [-0.3, -0.25) is 0 Å². The molecule has 0 saturated heterocycles. The van der Waals surface area contributed by atoms with E-state index in [2.05, 4.69) is 6.92 Å². The number of rotatable bonds is 0. The lowest BCUT2D eigenvalue weighted by Gasteiger charge is -2.05. The van der Waals surface area contributed by atoms with Gasteiger partial charge in [-0.05, 0) is 5.92 Å². The van der Waals surface area contributed by atoms with Gasteiger partial charge in [-0.1, -0.05) is 58.3 Å². The summed E-state index contributed by atoms with van der Waals surface area (Å²) in [5.74, 6) is 1.05. The highest BCUT2D eigenvalue weighted by Crippen LogP contribution is 2.22. The minimum absolute atomic E-state index is 1.05. The Balaban J connectivity index is 0.000000108. The van der Waals surface area contributed by atoms with Gasteiger partial charge in [0.25, 0.3) is 0 Å². The smallest absolute Gasteiger partial charge is 0.0443 e. The van der Waals surface area contributed by atoms with Gasteiger partial charge in [0.1, 0.15) is 0 Å². The molecular weight excluding hydrogens is 120 g/mol. The Morgan fingerprint density at radius 2 is 1.10 bits per heavy atom. The first-order valence-electron chi connectivity index (χ1n) is 4.89. The molecule has 0 aromatic heterocycles. The highest BCUT2D eigenvalue weighted by Gasteiger charge is 2.07. The van der Waals surface area contributed by atoms with E-state index in [1.54, 1.807) is 0 Å². The predicted molar refractivity (Wildman–Crippen MR) is 46.1 cm³/mol. The standard InChI is InChI=1S/C6H12.C4H8/c1-6-4-2-3-5-6;1-2-4-3-1/h6H,2-5H2,1H3;1-4H2. The Kier molecular flexibility index (Phi) is 3.86. The van der Waals surface area contributed by atoms with Crippen molar-refractivity contribution in [2.24, 2.45) is 5.92 Å². The van der Waals surface area contributed by atoms with Crippen LogP contribution in [0.3, 0.4) is 0 Å². The van der Waals surface area contributed by atoms with Crippen molar-refractivity contribution in [1.82, 2.24) is 0 Å². The molecule has 2 rings (SSSR count). The Bertz CT molecular complexity index is 62.1. The molecule has 0 aliphatic heterocycles. The van der Waals surface area contributed by atoms with Crippen LogP contribution in [-0.2, 0) is 0 Å². The first-order chi connectivity index (χ1) is 4.89. The van der Waals surface area contributed by atoms with E-state index in [9.17, 15) is 0 Å². The molecule has 2 fully saturated rings. The summed E-state index contributed by atoms with van der Waals surface area (Å²) in [5, 5.41) is 0. The van der Waals surface area contributed by atoms with Crippen molar-refractivity contribution in [1.29, 1.82) is 0 Å². The second kappa shape index (κ2) is 4.76. The van der Waals surface area contributed by atoms with Crippen LogP contribution in [0.5, 0.6) is 0 Å². The van der Waals surface area contributed by atoms with Crippen molar-refractivity contribution >= 4 is 0 Å². The van der Waals surface area contributed by atoms with Crippen molar-refractivity contribution in [2.45, 2.75) is 58.3 Å². The van der Waals surface area contributed by atoms with Gasteiger partial charge >= 0.3 is 0 Å². The first kappa shape index (κ1) is 8.10. The maximum atomic E-state index is 2.34. The van der Waals surface area contributed by atoms with Gasteiger partial charge < -0.3 is 0 Å². The molecular formula is C10H20. The molecule has 0 N–H and O–H groups in total. The van der Waals surface area contributed by atoms with E-state index >= 15 is 0 Å². The highest BCUT2D eigenvalue weighted by atomic mass is 14.1. The van der Waals surface area contributed by atoms with Crippen LogP contribution in [0.1, 0.15) is 58.3 Å². The van der Waals surface area contributed by atoms with Crippen LogP contribution in [0.4, 0.5) is 0 Å². The molecule has 0 aromatic carbocycles. The average molecular weight is 140 g/mol. The van der Waals surface area contributed by atoms with Crippen molar-refractivity contribution in [2.75, 3.05) is 0 Å². The zero-order valence-electron chi connectivity index (χ0n) is 7.23. The minimum Gasteiger partial charge on any atom is -0.0625 e. The van der Waals surface area contributed by atoms with Crippen molar-refractivity contribution in [3.05, 3.63) is 0 Å². The maximum absolute atomic E-state index is 2.34. The van der Waals surface area contributed by atoms with Crippen LogP contribution in [-0.4, -0.2) is 0 Å². The van der Waals surface area contributed by atoms with E-state index in [-0.39, 0.29) is 0 Å². The topological polar surface area (TPSA) is 0 Å². The van der Waals surface area contributed by atoms with E-state index in [4.69, 9.17) is 0 Å². The largest absolute Gasteiger partial charge is 0.0625 e. The Morgan fingerprint density at radius 3 is 1.20 bits per heavy atom. The zero-order valence-corrected chi connectivity index (χ0v) is 7.23. The van der Waals surface area contributed by atoms with Crippen molar-refractivity contribution in [3.8, 4) is 0 Å². The summed E-state index contributed by atoms with van der Waals surface area (Å²) in [7, 11) is 0. The molecule has 10 heavy (non-hydrogen) atoms. The SMILES string of the molecule is C1CCC1.CC1CCCC1. The molecule has 0 heterocycles. The molecule has 0 radical (unpaired) electrons. The molecule has 0 heteroatoms. The molecule has 0 unspecified atom stereocenters. The Labute approximate surface area is 65.0 Å². The fourth-order valence-corrected chi connectivity index (χ4v) is 1.38. The van der Waals surface area contributed by atoms with Crippen LogP contribution in [0.2, 0.25) is 0 Å². The second-order valence-electron chi connectivity index (χ2n) is 3.80. The van der Waals surface area contributed by atoms with E-state index in [1.807, 2.05) is 0 Å². The average Bonchev–Trinajstić information content (AvgIpc) is 2.12. The normalized spacial score (nSPS) is 24.9. The summed E-state index contributed by atoms with van der Waals surface area (Å²) >= 11 is 0. The van der Waals surface area contributed by atoms with Crippen LogP contribution in [0, 0.1) is 5.92 Å². The third-order valence-corrected chi connectivity index (χ3v) is 2.64. The minimum atomic E-state index is 1.05. The molecule has 2 aliphatic carbocycles. The van der Waals surface area contributed by atoms with Gasteiger partial charge in [-0.2, -0.15) is 0 Å². The van der Waals surface area contributed by atoms with E-state index < -0.39 is 0 Å². The molecule has 0 aromatic rings.